The number of pyridine rings is 1. The van der Waals surface area contributed by atoms with Gasteiger partial charge in [-0.25, -0.2) is 0 Å². The molecule has 0 unspecified atom stereocenters. The first-order valence-corrected chi connectivity index (χ1v) is 12.3. The summed E-state index contributed by atoms with van der Waals surface area (Å²) in [4.78, 5) is 31.4. The zero-order chi connectivity index (χ0) is 23.1. The number of aryl methyl sites for hydroxylation is 1. The number of fused-ring (bicyclic) bond motifs is 1. The minimum Gasteiger partial charge on any atom is -0.354 e. The van der Waals surface area contributed by atoms with E-state index in [0.717, 1.165) is 55.8 Å². The van der Waals surface area contributed by atoms with Gasteiger partial charge in [-0.1, -0.05) is 19.9 Å². The summed E-state index contributed by atoms with van der Waals surface area (Å²) in [5, 5.41) is 4.70. The van der Waals surface area contributed by atoms with Gasteiger partial charge in [0.15, 0.2) is 0 Å². The fourth-order valence-corrected chi connectivity index (χ4v) is 5.56. The summed E-state index contributed by atoms with van der Waals surface area (Å²) in [6.45, 7) is 8.03. The van der Waals surface area contributed by atoms with E-state index >= 15 is 0 Å². The Morgan fingerprint density at radius 1 is 1.09 bits per heavy atom. The van der Waals surface area contributed by atoms with E-state index in [9.17, 15) is 9.59 Å². The topological polar surface area (TPSA) is 70.1 Å². The maximum Gasteiger partial charge on any atom is 0.263 e. The van der Waals surface area contributed by atoms with E-state index in [1.54, 1.807) is 22.6 Å². The van der Waals surface area contributed by atoms with Crippen LogP contribution in [0.25, 0.3) is 22.2 Å². The van der Waals surface area contributed by atoms with Gasteiger partial charge >= 0.3 is 0 Å². The van der Waals surface area contributed by atoms with Gasteiger partial charge < -0.3 is 19.8 Å². The van der Waals surface area contributed by atoms with Crippen molar-refractivity contribution in [3.05, 3.63) is 57.5 Å². The number of rotatable bonds is 4. The molecule has 2 fully saturated rings. The molecule has 33 heavy (non-hydrogen) atoms. The third-order valence-electron chi connectivity index (χ3n) is 7.35. The molecule has 6 heteroatoms. The second kappa shape index (κ2) is 8.82. The smallest absolute Gasteiger partial charge is 0.263 e. The molecule has 0 bridgehead atoms. The lowest BCUT2D eigenvalue weighted by Gasteiger charge is -2.23. The molecule has 1 amide bonds. The molecule has 2 aromatic heterocycles. The first-order valence-electron chi connectivity index (χ1n) is 12.3. The molecule has 2 saturated heterocycles. The maximum absolute atomic E-state index is 13.1. The van der Waals surface area contributed by atoms with Crippen molar-refractivity contribution < 1.29 is 4.79 Å². The molecular weight excluding hydrogens is 412 g/mol. The summed E-state index contributed by atoms with van der Waals surface area (Å²) in [6.07, 6.45) is 6.20. The highest BCUT2D eigenvalue weighted by Gasteiger charge is 2.25. The standard InChI is InChI=1S/C27H34N4O2/c1-17(2)24-21-14-19(18-8-10-28-11-9-18)6-7-23(21)29-25(24)20-15-22(26(32)30(3)16-20)27(33)31-12-4-5-13-31/h6-7,14-18,28-29H,4-5,8-13H2,1-3H3. The number of amides is 1. The van der Waals surface area contributed by atoms with Gasteiger partial charge in [0.1, 0.15) is 5.56 Å². The molecule has 0 spiro atoms. The number of benzene rings is 1. The van der Waals surface area contributed by atoms with Crippen LogP contribution in [0.3, 0.4) is 0 Å². The summed E-state index contributed by atoms with van der Waals surface area (Å²) in [7, 11) is 1.74. The zero-order valence-electron chi connectivity index (χ0n) is 19.9. The molecule has 0 saturated carbocycles. The quantitative estimate of drug-likeness (QED) is 0.626. The highest BCUT2D eigenvalue weighted by molar-refractivity contribution is 5.96. The van der Waals surface area contributed by atoms with Crippen LogP contribution in [0.1, 0.15) is 72.9 Å². The molecule has 4 heterocycles. The average molecular weight is 447 g/mol. The van der Waals surface area contributed by atoms with E-state index in [0.29, 0.717) is 11.8 Å². The predicted octanol–water partition coefficient (Wildman–Crippen LogP) is 4.36. The highest BCUT2D eigenvalue weighted by atomic mass is 16.2. The summed E-state index contributed by atoms with van der Waals surface area (Å²) in [5.41, 5.74) is 5.69. The number of carbonyl (C=O) groups is 1. The van der Waals surface area contributed by atoms with Gasteiger partial charge in [-0.05, 0) is 79.9 Å². The highest BCUT2D eigenvalue weighted by Crippen LogP contribution is 2.38. The van der Waals surface area contributed by atoms with Crippen molar-refractivity contribution in [2.45, 2.75) is 51.4 Å². The van der Waals surface area contributed by atoms with Gasteiger partial charge in [-0.15, -0.1) is 0 Å². The number of H-pyrrole nitrogens is 1. The second-order valence-corrected chi connectivity index (χ2v) is 9.96. The molecule has 5 rings (SSSR count). The summed E-state index contributed by atoms with van der Waals surface area (Å²) < 4.78 is 1.55. The van der Waals surface area contributed by atoms with E-state index in [1.165, 1.54) is 29.4 Å². The van der Waals surface area contributed by atoms with Crippen LogP contribution in [0.4, 0.5) is 0 Å². The first kappa shape index (κ1) is 22.0. The number of likely N-dealkylation sites (tertiary alicyclic amines) is 1. The Bertz CT molecular complexity index is 1240. The fraction of sp³-hybridized carbons (Fsp3) is 0.481. The van der Waals surface area contributed by atoms with Crippen LogP contribution in [0, 0.1) is 0 Å². The van der Waals surface area contributed by atoms with Crippen molar-refractivity contribution in [1.82, 2.24) is 19.8 Å². The van der Waals surface area contributed by atoms with Crippen molar-refractivity contribution in [3.63, 3.8) is 0 Å². The van der Waals surface area contributed by atoms with Gasteiger partial charge in [0.05, 0.1) is 5.69 Å². The normalized spacial score (nSPS) is 17.4. The molecule has 3 aromatic rings. The molecule has 2 aliphatic heterocycles. The average Bonchev–Trinajstić information content (AvgIpc) is 3.48. The minimum absolute atomic E-state index is 0.148. The number of piperidine rings is 1. The van der Waals surface area contributed by atoms with Gasteiger partial charge in [-0.3, -0.25) is 9.59 Å². The summed E-state index contributed by atoms with van der Waals surface area (Å²) in [5.74, 6) is 0.744. The molecule has 0 radical (unpaired) electrons. The van der Waals surface area contributed by atoms with Crippen molar-refractivity contribution in [1.29, 1.82) is 0 Å². The second-order valence-electron chi connectivity index (χ2n) is 9.96. The van der Waals surface area contributed by atoms with Crippen molar-refractivity contribution in [2.24, 2.45) is 7.05 Å². The van der Waals surface area contributed by atoms with E-state index in [-0.39, 0.29) is 17.0 Å². The van der Waals surface area contributed by atoms with E-state index in [4.69, 9.17) is 0 Å². The molecular formula is C27H34N4O2. The van der Waals surface area contributed by atoms with Gasteiger partial charge in [0.25, 0.3) is 11.5 Å². The number of aromatic amines is 1. The van der Waals surface area contributed by atoms with Gasteiger partial charge in [-0.2, -0.15) is 0 Å². The minimum atomic E-state index is -0.231. The van der Waals surface area contributed by atoms with Crippen LogP contribution in [0.5, 0.6) is 0 Å². The van der Waals surface area contributed by atoms with Crippen LogP contribution in [0.2, 0.25) is 0 Å². The van der Waals surface area contributed by atoms with E-state index in [1.807, 2.05) is 6.20 Å². The number of hydrogen-bond acceptors (Lipinski definition) is 3. The zero-order valence-corrected chi connectivity index (χ0v) is 19.9. The molecule has 2 N–H and O–H groups in total. The Labute approximate surface area is 195 Å². The van der Waals surface area contributed by atoms with Crippen molar-refractivity contribution in [3.8, 4) is 11.3 Å². The third kappa shape index (κ3) is 4.01. The van der Waals surface area contributed by atoms with Crippen molar-refractivity contribution >= 4 is 16.8 Å². The maximum atomic E-state index is 13.1. The number of aromatic nitrogens is 2. The molecule has 2 aliphatic rings. The van der Waals surface area contributed by atoms with Crippen LogP contribution in [-0.4, -0.2) is 46.5 Å². The molecule has 6 nitrogen and oxygen atoms in total. The molecule has 0 aliphatic carbocycles. The molecule has 0 atom stereocenters. The lowest BCUT2D eigenvalue weighted by atomic mass is 9.88. The van der Waals surface area contributed by atoms with E-state index < -0.39 is 0 Å². The van der Waals surface area contributed by atoms with Crippen LogP contribution in [-0.2, 0) is 7.05 Å². The van der Waals surface area contributed by atoms with Crippen LogP contribution in [0.15, 0.2) is 35.3 Å². The van der Waals surface area contributed by atoms with Crippen LogP contribution >= 0.6 is 0 Å². The Morgan fingerprint density at radius 2 is 1.82 bits per heavy atom. The summed E-state index contributed by atoms with van der Waals surface area (Å²) in [6, 6.07) is 8.61. The first-order chi connectivity index (χ1) is 15.9. The Morgan fingerprint density at radius 3 is 2.52 bits per heavy atom. The predicted molar refractivity (Wildman–Crippen MR) is 133 cm³/mol. The summed E-state index contributed by atoms with van der Waals surface area (Å²) >= 11 is 0. The lowest BCUT2D eigenvalue weighted by Crippen LogP contribution is -2.34. The SMILES string of the molecule is CC(C)c1c(-c2cc(C(=O)N3CCCC3)c(=O)n(C)c2)[nH]c2ccc(C3CCNCC3)cc12. The Hall–Kier alpha value is -2.86. The monoisotopic (exact) mass is 446 g/mol. The Balaban J connectivity index is 1.62. The molecule has 1 aromatic carbocycles. The number of nitrogens with zero attached hydrogens (tertiary/aromatic N) is 2. The Kier molecular flexibility index (Phi) is 5.87. The van der Waals surface area contributed by atoms with Crippen LogP contribution < -0.4 is 10.9 Å². The van der Waals surface area contributed by atoms with Gasteiger partial charge in [0.2, 0.25) is 0 Å². The number of hydrogen-bond donors (Lipinski definition) is 2. The molecule has 174 valence electrons. The van der Waals surface area contributed by atoms with Crippen molar-refractivity contribution in [2.75, 3.05) is 26.2 Å². The van der Waals surface area contributed by atoms with Gasteiger partial charge in [0, 0.05) is 42.8 Å². The number of carbonyl (C=O) groups excluding carboxylic acids is 1. The fourth-order valence-electron chi connectivity index (χ4n) is 5.56. The lowest BCUT2D eigenvalue weighted by molar-refractivity contribution is 0.0790. The largest absolute Gasteiger partial charge is 0.354 e. The number of nitrogens with one attached hydrogen (secondary N) is 2. The third-order valence-corrected chi connectivity index (χ3v) is 7.35. The van der Waals surface area contributed by atoms with E-state index in [2.05, 4.69) is 42.3 Å².